The number of likely N-dealkylation sites (N-methyl/N-ethyl adjacent to an activating group) is 1. The van der Waals surface area contributed by atoms with Crippen LogP contribution in [0.15, 0.2) is 62.7 Å². The number of benzene rings is 1. The Morgan fingerprint density at radius 1 is 1.26 bits per heavy atom. The highest BCUT2D eigenvalue weighted by Gasteiger charge is 2.38. The zero-order valence-electron chi connectivity index (χ0n) is 17.1. The Morgan fingerprint density at radius 2 is 2.10 bits per heavy atom. The Kier molecular flexibility index (Phi) is 4.94. The van der Waals surface area contributed by atoms with Crippen LogP contribution in [0.2, 0.25) is 0 Å². The lowest BCUT2D eigenvalue weighted by molar-refractivity contribution is -0.134. The van der Waals surface area contributed by atoms with E-state index in [1.54, 1.807) is 24.3 Å². The number of para-hydroxylation sites is 1. The van der Waals surface area contributed by atoms with E-state index in [2.05, 4.69) is 5.10 Å². The molecule has 1 fully saturated rings. The molecule has 31 heavy (non-hydrogen) atoms. The van der Waals surface area contributed by atoms with Crippen LogP contribution in [0.1, 0.15) is 30.4 Å². The number of hydrazone groups is 1. The number of fused-ring (bicyclic) bond motifs is 1. The van der Waals surface area contributed by atoms with Crippen molar-refractivity contribution in [3.8, 4) is 0 Å². The molecule has 3 aromatic rings. The Balaban J connectivity index is 1.40. The van der Waals surface area contributed by atoms with Gasteiger partial charge in [-0.05, 0) is 37.7 Å². The predicted molar refractivity (Wildman–Crippen MR) is 115 cm³/mol. The van der Waals surface area contributed by atoms with Gasteiger partial charge in [-0.15, -0.1) is 0 Å². The van der Waals surface area contributed by atoms with Crippen molar-refractivity contribution in [2.24, 2.45) is 5.10 Å². The zero-order chi connectivity index (χ0) is 21.6. The molecule has 2 aromatic heterocycles. The summed E-state index contributed by atoms with van der Waals surface area (Å²) in [6.45, 7) is 0.0777. The average molecular weight is 442 g/mol. The predicted octanol–water partition coefficient (Wildman–Crippen LogP) is 2.82. The van der Waals surface area contributed by atoms with Crippen molar-refractivity contribution in [3.63, 3.8) is 0 Å². The van der Waals surface area contributed by atoms with E-state index in [0.29, 0.717) is 30.1 Å². The van der Waals surface area contributed by atoms with Crippen LogP contribution in [0.5, 0.6) is 0 Å². The summed E-state index contributed by atoms with van der Waals surface area (Å²) in [5, 5.41) is 7.02. The van der Waals surface area contributed by atoms with Gasteiger partial charge in [-0.2, -0.15) is 5.10 Å². The second kappa shape index (κ2) is 7.65. The third kappa shape index (κ3) is 3.90. The Morgan fingerprint density at radius 3 is 2.81 bits per heavy atom. The first-order valence-corrected chi connectivity index (χ1v) is 12.0. The van der Waals surface area contributed by atoms with Crippen LogP contribution in [0.3, 0.4) is 0 Å². The molecular weight excluding hydrogens is 418 g/mol. The molecule has 8 nitrogen and oxygen atoms in total. The topological polar surface area (TPSA) is 96.3 Å². The van der Waals surface area contributed by atoms with Crippen molar-refractivity contribution in [2.45, 2.75) is 24.9 Å². The van der Waals surface area contributed by atoms with Gasteiger partial charge in [-0.3, -0.25) is 9.69 Å². The number of nitrogens with zero attached hydrogens (tertiary/aromatic N) is 3. The third-order valence-corrected chi connectivity index (χ3v) is 7.71. The van der Waals surface area contributed by atoms with E-state index in [4.69, 9.17) is 8.83 Å². The molecule has 162 valence electrons. The highest BCUT2D eigenvalue weighted by Crippen LogP contribution is 2.34. The van der Waals surface area contributed by atoms with Crippen molar-refractivity contribution in [3.05, 3.63) is 60.2 Å². The molecule has 0 bridgehead atoms. The second-order valence-corrected chi connectivity index (χ2v) is 10.4. The first kappa shape index (κ1) is 20.0. The minimum absolute atomic E-state index is 0.0777. The monoisotopic (exact) mass is 441 g/mol. The number of carbonyl (C=O) groups excluding carboxylic acids is 1. The molecule has 0 radical (unpaired) electrons. The SMILES string of the molecule is CN(CC(=O)N1N=C(c2cc3ccccc3o2)C[C@@H]1c1ccco1)[C@H]1CCS(=O)(=O)C1. The quantitative estimate of drug-likeness (QED) is 0.604. The van der Waals surface area contributed by atoms with Crippen molar-refractivity contribution in [2.75, 3.05) is 25.1 Å². The Labute approximate surface area is 180 Å². The molecule has 5 rings (SSSR count). The van der Waals surface area contributed by atoms with E-state index >= 15 is 0 Å². The van der Waals surface area contributed by atoms with Crippen molar-refractivity contribution in [1.82, 2.24) is 9.91 Å². The van der Waals surface area contributed by atoms with Gasteiger partial charge >= 0.3 is 0 Å². The number of carbonyl (C=O) groups is 1. The zero-order valence-corrected chi connectivity index (χ0v) is 17.9. The Hall–Kier alpha value is -2.91. The van der Waals surface area contributed by atoms with Crippen molar-refractivity contribution >= 4 is 32.4 Å². The summed E-state index contributed by atoms with van der Waals surface area (Å²) in [4.78, 5) is 15.0. The minimum Gasteiger partial charge on any atom is -0.467 e. The molecule has 0 aliphatic carbocycles. The number of furan rings is 2. The molecule has 0 saturated carbocycles. The van der Waals surface area contributed by atoms with Crippen LogP contribution in [0, 0.1) is 0 Å². The molecule has 0 spiro atoms. The Bertz CT molecular complexity index is 1210. The fourth-order valence-electron chi connectivity index (χ4n) is 4.25. The molecule has 1 amide bonds. The molecule has 4 heterocycles. The van der Waals surface area contributed by atoms with E-state index < -0.39 is 9.84 Å². The first-order chi connectivity index (χ1) is 14.9. The number of hydrogen-bond acceptors (Lipinski definition) is 7. The number of sulfone groups is 1. The van der Waals surface area contributed by atoms with E-state index in [1.807, 2.05) is 36.4 Å². The molecule has 2 aliphatic heterocycles. The lowest BCUT2D eigenvalue weighted by atomic mass is 10.1. The van der Waals surface area contributed by atoms with E-state index in [-0.39, 0.29) is 36.0 Å². The maximum absolute atomic E-state index is 13.2. The fraction of sp³-hybridized carbons (Fsp3) is 0.364. The van der Waals surface area contributed by atoms with Gasteiger partial charge in [0, 0.05) is 17.8 Å². The van der Waals surface area contributed by atoms with Gasteiger partial charge in [-0.25, -0.2) is 13.4 Å². The molecule has 1 aromatic carbocycles. The normalized spacial score (nSPS) is 23.0. The van der Waals surface area contributed by atoms with Crippen LogP contribution >= 0.6 is 0 Å². The van der Waals surface area contributed by atoms with Crippen LogP contribution in [-0.4, -0.2) is 61.1 Å². The molecule has 9 heteroatoms. The maximum atomic E-state index is 13.2. The smallest absolute Gasteiger partial charge is 0.257 e. The van der Waals surface area contributed by atoms with Gasteiger partial charge in [0.15, 0.2) is 15.6 Å². The van der Waals surface area contributed by atoms with Gasteiger partial charge in [0.25, 0.3) is 5.91 Å². The first-order valence-electron chi connectivity index (χ1n) is 10.2. The second-order valence-electron chi connectivity index (χ2n) is 8.14. The highest BCUT2D eigenvalue weighted by molar-refractivity contribution is 7.91. The molecular formula is C22H23N3O5S. The summed E-state index contributed by atoms with van der Waals surface area (Å²) in [6.07, 6.45) is 2.59. The van der Waals surface area contributed by atoms with Crippen molar-refractivity contribution in [1.29, 1.82) is 0 Å². The number of amides is 1. The average Bonchev–Trinajstić information content (AvgIpc) is 3.51. The summed E-state index contributed by atoms with van der Waals surface area (Å²) in [6, 6.07) is 12.7. The fourth-order valence-corrected chi connectivity index (χ4v) is 6.06. The lowest BCUT2D eigenvalue weighted by Crippen LogP contribution is -2.41. The highest BCUT2D eigenvalue weighted by atomic mass is 32.2. The summed E-state index contributed by atoms with van der Waals surface area (Å²) in [5.74, 6) is 1.33. The summed E-state index contributed by atoms with van der Waals surface area (Å²) >= 11 is 0. The summed E-state index contributed by atoms with van der Waals surface area (Å²) in [7, 11) is -1.24. The molecule has 2 atom stereocenters. The molecule has 1 saturated heterocycles. The van der Waals surface area contributed by atoms with Gasteiger partial charge in [0.1, 0.15) is 23.1 Å². The van der Waals surface area contributed by atoms with E-state index in [1.165, 1.54) is 5.01 Å². The number of rotatable bonds is 5. The lowest BCUT2D eigenvalue weighted by Gasteiger charge is -2.26. The van der Waals surface area contributed by atoms with Crippen LogP contribution in [0.4, 0.5) is 0 Å². The molecule has 0 N–H and O–H groups in total. The third-order valence-electron chi connectivity index (χ3n) is 5.96. The van der Waals surface area contributed by atoms with Gasteiger partial charge in [0.05, 0.1) is 24.3 Å². The standard InChI is InChI=1S/C22H23N3O5S/c1-24(16-8-10-31(27,28)14-16)13-22(26)25-18(20-7-4-9-29-20)12-17(23-25)21-11-15-5-2-3-6-19(15)30-21/h2-7,9,11,16,18H,8,10,12-14H2,1H3/t16-,18+/m0/s1. The van der Waals surface area contributed by atoms with Crippen LogP contribution in [-0.2, 0) is 14.6 Å². The molecule has 0 unspecified atom stereocenters. The number of hydrogen-bond donors (Lipinski definition) is 0. The van der Waals surface area contributed by atoms with Gasteiger partial charge in [0.2, 0.25) is 0 Å². The van der Waals surface area contributed by atoms with Gasteiger partial charge < -0.3 is 8.83 Å². The van der Waals surface area contributed by atoms with Gasteiger partial charge in [-0.1, -0.05) is 18.2 Å². The van der Waals surface area contributed by atoms with E-state index in [0.717, 1.165) is 11.0 Å². The summed E-state index contributed by atoms with van der Waals surface area (Å²) in [5.41, 5.74) is 1.44. The summed E-state index contributed by atoms with van der Waals surface area (Å²) < 4.78 is 35.1. The van der Waals surface area contributed by atoms with Crippen LogP contribution in [0.25, 0.3) is 11.0 Å². The molecule has 2 aliphatic rings. The van der Waals surface area contributed by atoms with Crippen molar-refractivity contribution < 1.29 is 22.0 Å². The van der Waals surface area contributed by atoms with E-state index in [9.17, 15) is 13.2 Å². The largest absolute Gasteiger partial charge is 0.467 e. The minimum atomic E-state index is -3.02. The maximum Gasteiger partial charge on any atom is 0.257 e. The van der Waals surface area contributed by atoms with Crippen LogP contribution < -0.4 is 0 Å².